The lowest BCUT2D eigenvalue weighted by Gasteiger charge is -2.40. The van der Waals surface area contributed by atoms with Gasteiger partial charge in [-0.3, -0.25) is 4.90 Å². The summed E-state index contributed by atoms with van der Waals surface area (Å²) in [7, 11) is 0. The second-order valence-corrected chi connectivity index (χ2v) is 9.22. The predicted octanol–water partition coefficient (Wildman–Crippen LogP) is 5.75. The summed E-state index contributed by atoms with van der Waals surface area (Å²) in [5.41, 5.74) is 5.88. The Hall–Kier alpha value is -3.31. The fourth-order valence-corrected chi connectivity index (χ4v) is 5.37. The maximum absolute atomic E-state index is 4.69. The Bertz CT molecular complexity index is 1130. The first-order chi connectivity index (χ1) is 16.2. The molecule has 4 aromatic rings. The van der Waals surface area contributed by atoms with Gasteiger partial charge in [0.15, 0.2) is 5.82 Å². The highest BCUT2D eigenvalue weighted by Crippen LogP contribution is 2.45. The van der Waals surface area contributed by atoms with E-state index in [4.69, 9.17) is 5.10 Å². The highest BCUT2D eigenvalue weighted by Gasteiger charge is 2.45. The van der Waals surface area contributed by atoms with Gasteiger partial charge < -0.3 is 0 Å². The van der Waals surface area contributed by atoms with Crippen LogP contribution in [-0.4, -0.2) is 25.1 Å². The third-order valence-electron chi connectivity index (χ3n) is 7.01. The van der Waals surface area contributed by atoms with Crippen molar-refractivity contribution in [1.29, 1.82) is 0 Å². The van der Waals surface area contributed by atoms with Gasteiger partial charge in [0, 0.05) is 13.1 Å². The lowest BCUT2D eigenvalue weighted by Crippen LogP contribution is -2.45. The van der Waals surface area contributed by atoms with E-state index in [-0.39, 0.29) is 5.54 Å². The summed E-state index contributed by atoms with van der Waals surface area (Å²) in [4.78, 5) is 2.61. The van der Waals surface area contributed by atoms with E-state index in [2.05, 4.69) is 108 Å². The molecule has 168 valence electrons. The van der Waals surface area contributed by atoms with Gasteiger partial charge in [0.05, 0.1) is 11.2 Å². The van der Waals surface area contributed by atoms with Crippen LogP contribution in [0, 0.1) is 13.8 Å². The topological polar surface area (TPSA) is 46.8 Å². The molecule has 1 saturated carbocycles. The largest absolute Gasteiger partial charge is 0.282 e. The van der Waals surface area contributed by atoms with Gasteiger partial charge in [0.1, 0.15) is 0 Å². The number of aryl methyl sites for hydroxylation is 2. The Morgan fingerprint density at radius 1 is 0.758 bits per heavy atom. The quantitative estimate of drug-likeness (QED) is 0.369. The first kappa shape index (κ1) is 21.5. The van der Waals surface area contributed by atoms with Crippen molar-refractivity contribution >= 4 is 0 Å². The van der Waals surface area contributed by atoms with Gasteiger partial charge in [-0.2, -0.15) is 4.68 Å². The second-order valence-electron chi connectivity index (χ2n) is 9.22. The Labute approximate surface area is 196 Å². The summed E-state index contributed by atoms with van der Waals surface area (Å²) in [5.74, 6) is 0.962. The third kappa shape index (κ3) is 4.21. The molecule has 0 amide bonds. The number of hydrogen-bond donors (Lipinski definition) is 0. The van der Waals surface area contributed by atoms with Gasteiger partial charge in [0.25, 0.3) is 0 Å². The van der Waals surface area contributed by atoms with E-state index in [0.717, 1.165) is 37.4 Å². The molecule has 33 heavy (non-hydrogen) atoms. The average Bonchev–Trinajstić information content (AvgIpc) is 3.51. The van der Waals surface area contributed by atoms with E-state index in [1.54, 1.807) is 0 Å². The van der Waals surface area contributed by atoms with E-state index in [1.807, 2.05) is 4.68 Å². The standard InChI is InChI=1S/C28H31N5/c1-22-12-11-13-23(2)26(22)33-27(29-30-31-33)28(18-9-10-19-28)32(20-24-14-5-3-6-15-24)21-25-16-7-4-8-17-25/h3-8,11-17H,9-10,18-21H2,1-2H3. The van der Waals surface area contributed by atoms with Crippen molar-refractivity contribution in [3.05, 3.63) is 107 Å². The molecule has 0 radical (unpaired) electrons. The van der Waals surface area contributed by atoms with Gasteiger partial charge >= 0.3 is 0 Å². The van der Waals surface area contributed by atoms with Gasteiger partial charge in [-0.25, -0.2) is 0 Å². The number of hydrogen-bond acceptors (Lipinski definition) is 4. The minimum absolute atomic E-state index is 0.218. The van der Waals surface area contributed by atoms with Gasteiger partial charge in [0.2, 0.25) is 0 Å². The summed E-state index contributed by atoms with van der Waals surface area (Å²) in [6, 6.07) is 27.9. The molecule has 1 aliphatic rings. The van der Waals surface area contributed by atoms with Crippen LogP contribution in [0.4, 0.5) is 0 Å². The second kappa shape index (κ2) is 9.28. The highest BCUT2D eigenvalue weighted by molar-refractivity contribution is 5.47. The number of benzene rings is 3. The van der Waals surface area contributed by atoms with Crippen LogP contribution in [-0.2, 0) is 18.6 Å². The summed E-state index contributed by atoms with van der Waals surface area (Å²) in [5, 5.41) is 13.4. The van der Waals surface area contributed by atoms with Crippen LogP contribution in [0.5, 0.6) is 0 Å². The molecule has 1 aliphatic carbocycles. The minimum atomic E-state index is -0.218. The molecule has 0 saturated heterocycles. The number of para-hydroxylation sites is 1. The molecule has 5 nitrogen and oxygen atoms in total. The van der Waals surface area contributed by atoms with E-state index < -0.39 is 0 Å². The van der Waals surface area contributed by atoms with E-state index >= 15 is 0 Å². The van der Waals surface area contributed by atoms with Crippen LogP contribution in [0.1, 0.15) is 53.8 Å². The maximum atomic E-state index is 4.69. The Kier molecular flexibility index (Phi) is 6.05. The highest BCUT2D eigenvalue weighted by atomic mass is 15.6. The first-order valence-electron chi connectivity index (χ1n) is 11.9. The van der Waals surface area contributed by atoms with Crippen molar-refractivity contribution < 1.29 is 0 Å². The van der Waals surface area contributed by atoms with Crippen molar-refractivity contribution in [2.24, 2.45) is 0 Å². The zero-order valence-corrected chi connectivity index (χ0v) is 19.5. The summed E-state index contributed by atoms with van der Waals surface area (Å²) < 4.78 is 2.01. The molecule has 0 aliphatic heterocycles. The summed E-state index contributed by atoms with van der Waals surface area (Å²) in [6.07, 6.45) is 4.47. The predicted molar refractivity (Wildman–Crippen MR) is 131 cm³/mol. The molecule has 0 spiro atoms. The average molecular weight is 438 g/mol. The van der Waals surface area contributed by atoms with Crippen molar-refractivity contribution in [3.8, 4) is 5.69 Å². The molecule has 0 bridgehead atoms. The molecule has 5 heteroatoms. The number of tetrazole rings is 1. The zero-order valence-electron chi connectivity index (χ0n) is 19.5. The molecule has 1 aromatic heterocycles. The lowest BCUT2D eigenvalue weighted by atomic mass is 9.91. The van der Waals surface area contributed by atoms with Crippen molar-refractivity contribution in [2.45, 2.75) is 58.2 Å². The van der Waals surface area contributed by atoms with Gasteiger partial charge in [-0.15, -0.1) is 5.10 Å². The normalized spacial score (nSPS) is 15.2. The fourth-order valence-electron chi connectivity index (χ4n) is 5.37. The number of aromatic nitrogens is 4. The molecule has 5 rings (SSSR count). The monoisotopic (exact) mass is 437 g/mol. The maximum Gasteiger partial charge on any atom is 0.176 e. The van der Waals surface area contributed by atoms with Crippen LogP contribution < -0.4 is 0 Å². The molecular formula is C28H31N5. The molecular weight excluding hydrogens is 406 g/mol. The SMILES string of the molecule is Cc1cccc(C)c1-n1nnnc1C1(N(Cc2ccccc2)Cc2ccccc2)CCCC1. The van der Waals surface area contributed by atoms with Crippen molar-refractivity contribution in [2.75, 3.05) is 0 Å². The Morgan fingerprint density at radius 3 is 1.85 bits per heavy atom. The Morgan fingerprint density at radius 2 is 1.30 bits per heavy atom. The van der Waals surface area contributed by atoms with Gasteiger partial charge in [-0.1, -0.05) is 91.7 Å². The number of nitrogens with zero attached hydrogens (tertiary/aromatic N) is 5. The molecule has 1 heterocycles. The van der Waals surface area contributed by atoms with Gasteiger partial charge in [-0.05, 0) is 59.4 Å². The first-order valence-corrected chi connectivity index (χ1v) is 11.9. The van der Waals surface area contributed by atoms with Crippen LogP contribution >= 0.6 is 0 Å². The number of rotatable bonds is 7. The van der Waals surface area contributed by atoms with Crippen LogP contribution in [0.2, 0.25) is 0 Å². The molecule has 0 unspecified atom stereocenters. The van der Waals surface area contributed by atoms with Crippen LogP contribution in [0.25, 0.3) is 5.69 Å². The van der Waals surface area contributed by atoms with E-state index in [1.165, 1.54) is 35.1 Å². The fraction of sp³-hybridized carbons (Fsp3) is 0.321. The minimum Gasteiger partial charge on any atom is -0.282 e. The van der Waals surface area contributed by atoms with Crippen molar-refractivity contribution in [1.82, 2.24) is 25.1 Å². The van der Waals surface area contributed by atoms with E-state index in [9.17, 15) is 0 Å². The van der Waals surface area contributed by atoms with Crippen LogP contribution in [0.15, 0.2) is 78.9 Å². The molecule has 3 aromatic carbocycles. The lowest BCUT2D eigenvalue weighted by molar-refractivity contribution is 0.0619. The third-order valence-corrected chi connectivity index (χ3v) is 7.01. The summed E-state index contributed by atoms with van der Waals surface area (Å²) in [6.45, 7) is 5.99. The van der Waals surface area contributed by atoms with Crippen LogP contribution in [0.3, 0.4) is 0 Å². The summed E-state index contributed by atoms with van der Waals surface area (Å²) >= 11 is 0. The van der Waals surface area contributed by atoms with E-state index in [0.29, 0.717) is 0 Å². The molecule has 0 N–H and O–H groups in total. The Balaban J connectivity index is 1.63. The molecule has 1 fully saturated rings. The smallest absolute Gasteiger partial charge is 0.176 e. The van der Waals surface area contributed by atoms with Crippen molar-refractivity contribution in [3.63, 3.8) is 0 Å². The molecule has 0 atom stereocenters. The zero-order chi connectivity index (χ0) is 22.7.